The van der Waals surface area contributed by atoms with E-state index in [2.05, 4.69) is 4.74 Å². The van der Waals surface area contributed by atoms with Gasteiger partial charge in [-0.1, -0.05) is 0 Å². The van der Waals surface area contributed by atoms with Crippen molar-refractivity contribution in [1.82, 2.24) is 0 Å². The van der Waals surface area contributed by atoms with Crippen LogP contribution in [0.3, 0.4) is 0 Å². The topological polar surface area (TPSA) is 81.8 Å². The Labute approximate surface area is 76.8 Å². The van der Waals surface area contributed by atoms with Crippen molar-refractivity contribution in [3.63, 3.8) is 0 Å². The van der Waals surface area contributed by atoms with Gasteiger partial charge in [-0.25, -0.2) is 0 Å². The zero-order valence-electron chi connectivity index (χ0n) is 7.66. The Morgan fingerprint density at radius 2 is 2.46 bits per heavy atom. The second kappa shape index (κ2) is 4.04. The number of rotatable bonds is 2. The van der Waals surface area contributed by atoms with Crippen LogP contribution in [0.15, 0.2) is 0 Å². The smallest absolute Gasteiger partial charge is 0.325 e. The molecule has 0 radical (unpaired) electrons. The monoisotopic (exact) mass is 189 g/mol. The Kier molecular flexibility index (Phi) is 3.24. The van der Waals surface area contributed by atoms with Crippen LogP contribution < -0.4 is 5.73 Å². The summed E-state index contributed by atoms with van der Waals surface area (Å²) in [7, 11) is 1.25. The van der Waals surface area contributed by atoms with Crippen LogP contribution in [0.1, 0.15) is 12.8 Å². The molecule has 1 rings (SSSR count). The quantitative estimate of drug-likeness (QED) is 0.546. The van der Waals surface area contributed by atoms with Crippen LogP contribution in [0.2, 0.25) is 0 Å². The fraction of sp³-hybridized carbons (Fsp3) is 0.875. The van der Waals surface area contributed by atoms with E-state index in [1.165, 1.54) is 7.11 Å². The number of hydrogen-bond acceptors (Lipinski definition) is 5. The van der Waals surface area contributed by atoms with E-state index in [-0.39, 0.29) is 6.61 Å². The van der Waals surface area contributed by atoms with E-state index in [0.29, 0.717) is 19.4 Å². The first-order valence-electron chi connectivity index (χ1n) is 4.24. The second-order valence-corrected chi connectivity index (χ2v) is 3.26. The average molecular weight is 189 g/mol. The Balaban J connectivity index is 2.61. The van der Waals surface area contributed by atoms with Crippen molar-refractivity contribution in [3.8, 4) is 0 Å². The van der Waals surface area contributed by atoms with Gasteiger partial charge in [0.15, 0.2) is 0 Å². The minimum absolute atomic E-state index is 0.100. The summed E-state index contributed by atoms with van der Waals surface area (Å²) in [4.78, 5) is 11.1. The first-order valence-corrected chi connectivity index (χ1v) is 4.24. The molecule has 0 aliphatic carbocycles. The Bertz CT molecular complexity index is 189. The van der Waals surface area contributed by atoms with Crippen LogP contribution in [0.4, 0.5) is 0 Å². The maximum absolute atomic E-state index is 11.1. The average Bonchev–Trinajstić information content (AvgIpc) is 2.16. The van der Waals surface area contributed by atoms with E-state index in [4.69, 9.17) is 10.5 Å². The van der Waals surface area contributed by atoms with Crippen LogP contribution in [0.25, 0.3) is 0 Å². The van der Waals surface area contributed by atoms with Crippen molar-refractivity contribution in [1.29, 1.82) is 0 Å². The summed E-state index contributed by atoms with van der Waals surface area (Å²) in [5, 5.41) is 9.89. The van der Waals surface area contributed by atoms with Gasteiger partial charge in [-0.05, 0) is 12.8 Å². The third-order valence-corrected chi connectivity index (χ3v) is 2.28. The number of methoxy groups -OCH3 is 1. The van der Waals surface area contributed by atoms with Crippen molar-refractivity contribution in [2.45, 2.75) is 24.5 Å². The molecule has 0 saturated carbocycles. The van der Waals surface area contributed by atoms with Gasteiger partial charge in [0, 0.05) is 6.61 Å². The number of aliphatic hydroxyl groups is 1. The van der Waals surface area contributed by atoms with Gasteiger partial charge in [0.2, 0.25) is 0 Å². The molecule has 0 unspecified atom stereocenters. The summed E-state index contributed by atoms with van der Waals surface area (Å²) in [6, 6.07) is -1.02. The Morgan fingerprint density at radius 3 is 2.92 bits per heavy atom. The molecule has 0 spiro atoms. The first-order chi connectivity index (χ1) is 6.10. The number of esters is 1. The molecule has 13 heavy (non-hydrogen) atoms. The number of nitrogens with two attached hydrogens (primary N) is 1. The third-order valence-electron chi connectivity index (χ3n) is 2.28. The van der Waals surface area contributed by atoms with E-state index in [0.717, 1.165) is 0 Å². The third kappa shape index (κ3) is 2.18. The van der Waals surface area contributed by atoms with E-state index >= 15 is 0 Å². The molecular formula is C8H15NO4. The molecule has 76 valence electrons. The van der Waals surface area contributed by atoms with Gasteiger partial charge in [0.25, 0.3) is 0 Å². The van der Waals surface area contributed by atoms with E-state index in [1.54, 1.807) is 0 Å². The summed E-state index contributed by atoms with van der Waals surface area (Å²) >= 11 is 0. The Hall–Kier alpha value is -0.650. The number of ether oxygens (including phenoxy) is 2. The molecule has 1 aliphatic rings. The molecule has 0 aromatic carbocycles. The van der Waals surface area contributed by atoms with Gasteiger partial charge >= 0.3 is 5.97 Å². The summed E-state index contributed by atoms with van der Waals surface area (Å²) < 4.78 is 9.51. The molecule has 1 aliphatic heterocycles. The Morgan fingerprint density at radius 1 is 1.77 bits per heavy atom. The maximum Gasteiger partial charge on any atom is 0.325 e. The minimum Gasteiger partial charge on any atom is -0.468 e. The van der Waals surface area contributed by atoms with Crippen molar-refractivity contribution < 1.29 is 19.4 Å². The van der Waals surface area contributed by atoms with Crippen LogP contribution in [0.5, 0.6) is 0 Å². The van der Waals surface area contributed by atoms with Crippen LogP contribution >= 0.6 is 0 Å². The molecule has 0 aromatic rings. The number of carbonyl (C=O) groups excluding carboxylic acids is 1. The molecule has 0 aromatic heterocycles. The lowest BCUT2D eigenvalue weighted by molar-refractivity contribution is -0.157. The van der Waals surface area contributed by atoms with E-state index < -0.39 is 17.6 Å². The largest absolute Gasteiger partial charge is 0.468 e. The lowest BCUT2D eigenvalue weighted by atomic mass is 9.89. The molecule has 0 amide bonds. The van der Waals surface area contributed by atoms with E-state index in [1.807, 2.05) is 0 Å². The van der Waals surface area contributed by atoms with Crippen LogP contribution in [-0.2, 0) is 14.3 Å². The standard InChI is InChI=1S/C8H15NO4/c1-12-7(10)6(9)8(11)3-2-4-13-5-8/h6,11H,2-5,9H2,1H3/t6-,8+/m1/s1. The van der Waals surface area contributed by atoms with Gasteiger partial charge < -0.3 is 20.3 Å². The summed E-state index contributed by atoms with van der Waals surface area (Å²) in [5.41, 5.74) is 4.27. The molecule has 1 fully saturated rings. The molecule has 3 N–H and O–H groups in total. The summed E-state index contributed by atoms with van der Waals surface area (Å²) in [5.74, 6) is -0.604. The van der Waals surface area contributed by atoms with Crippen molar-refractivity contribution in [2.75, 3.05) is 20.3 Å². The number of carbonyl (C=O) groups is 1. The van der Waals surface area contributed by atoms with E-state index in [9.17, 15) is 9.90 Å². The van der Waals surface area contributed by atoms with Gasteiger partial charge in [-0.15, -0.1) is 0 Å². The first kappa shape index (κ1) is 10.4. The predicted molar refractivity (Wildman–Crippen MR) is 45.0 cm³/mol. The molecular weight excluding hydrogens is 174 g/mol. The lowest BCUT2D eigenvalue weighted by Gasteiger charge is -2.35. The van der Waals surface area contributed by atoms with Gasteiger partial charge in [0.1, 0.15) is 11.6 Å². The molecule has 0 bridgehead atoms. The highest BCUT2D eigenvalue weighted by atomic mass is 16.5. The molecule has 5 nitrogen and oxygen atoms in total. The van der Waals surface area contributed by atoms with Crippen LogP contribution in [-0.4, -0.2) is 43.0 Å². The minimum atomic E-state index is -1.26. The zero-order chi connectivity index (χ0) is 9.90. The molecule has 1 heterocycles. The summed E-state index contributed by atoms with van der Waals surface area (Å²) in [6.45, 7) is 0.708. The summed E-state index contributed by atoms with van der Waals surface area (Å²) in [6.07, 6.45) is 1.18. The lowest BCUT2D eigenvalue weighted by Crippen LogP contribution is -2.57. The maximum atomic E-state index is 11.1. The second-order valence-electron chi connectivity index (χ2n) is 3.26. The van der Waals surface area contributed by atoms with Gasteiger partial charge in [-0.2, -0.15) is 0 Å². The highest BCUT2D eigenvalue weighted by Gasteiger charge is 2.41. The molecule has 2 atom stereocenters. The fourth-order valence-electron chi connectivity index (χ4n) is 1.39. The number of hydrogen-bond donors (Lipinski definition) is 2. The highest BCUT2D eigenvalue weighted by molar-refractivity contribution is 5.77. The molecule has 1 saturated heterocycles. The fourth-order valence-corrected chi connectivity index (χ4v) is 1.39. The van der Waals surface area contributed by atoms with Gasteiger partial charge in [0.05, 0.1) is 13.7 Å². The van der Waals surface area contributed by atoms with Crippen molar-refractivity contribution in [2.24, 2.45) is 5.73 Å². The normalized spacial score (nSPS) is 31.0. The predicted octanol–water partition coefficient (Wildman–Crippen LogP) is -0.972. The highest BCUT2D eigenvalue weighted by Crippen LogP contribution is 2.22. The van der Waals surface area contributed by atoms with Crippen molar-refractivity contribution in [3.05, 3.63) is 0 Å². The van der Waals surface area contributed by atoms with Crippen molar-refractivity contribution >= 4 is 5.97 Å². The SMILES string of the molecule is COC(=O)[C@@H](N)[C@]1(O)CCCOC1. The van der Waals surface area contributed by atoms with Crippen LogP contribution in [0, 0.1) is 0 Å². The zero-order valence-corrected chi connectivity index (χ0v) is 7.66. The molecule has 5 heteroatoms. The van der Waals surface area contributed by atoms with Gasteiger partial charge in [-0.3, -0.25) is 4.79 Å².